The summed E-state index contributed by atoms with van der Waals surface area (Å²) in [6.45, 7) is 1.80. The minimum atomic E-state index is -3.88. The number of sulfonamides is 1. The van der Waals surface area contributed by atoms with E-state index in [1.54, 1.807) is 13.0 Å². The van der Waals surface area contributed by atoms with Gasteiger partial charge >= 0.3 is 5.97 Å². The van der Waals surface area contributed by atoms with Crippen molar-refractivity contribution in [3.63, 3.8) is 0 Å². The van der Waals surface area contributed by atoms with Crippen LogP contribution in [0.15, 0.2) is 41.6 Å². The van der Waals surface area contributed by atoms with Crippen LogP contribution in [0.25, 0.3) is 0 Å². The summed E-state index contributed by atoms with van der Waals surface area (Å²) in [4.78, 5) is 14.8. The molecule has 0 fully saturated rings. The lowest BCUT2D eigenvalue weighted by Crippen LogP contribution is -2.15. The van der Waals surface area contributed by atoms with E-state index in [2.05, 4.69) is 9.71 Å². The lowest BCUT2D eigenvalue weighted by atomic mass is 10.2. The van der Waals surface area contributed by atoms with Gasteiger partial charge in [0.1, 0.15) is 5.75 Å². The van der Waals surface area contributed by atoms with Crippen molar-refractivity contribution in [2.45, 2.75) is 11.9 Å². The van der Waals surface area contributed by atoms with Gasteiger partial charge in [-0.2, -0.15) is 8.42 Å². The Labute approximate surface area is 127 Å². The summed E-state index contributed by atoms with van der Waals surface area (Å²) in [6.07, 6.45) is 1.44. The molecule has 0 saturated heterocycles. The van der Waals surface area contributed by atoms with E-state index in [0.717, 1.165) is 5.56 Å². The number of methoxy groups -OCH3 is 1. The van der Waals surface area contributed by atoms with Crippen molar-refractivity contribution in [3.05, 3.63) is 47.7 Å². The number of ether oxygens (including phenoxy) is 1. The number of benzene rings is 1. The maximum absolute atomic E-state index is 12.3. The lowest BCUT2D eigenvalue weighted by Gasteiger charge is -2.12. The van der Waals surface area contributed by atoms with Crippen molar-refractivity contribution in [2.75, 3.05) is 11.8 Å². The average Bonchev–Trinajstić information content (AvgIpc) is 2.47. The highest BCUT2D eigenvalue weighted by molar-refractivity contribution is 7.92. The SMILES string of the molecule is COc1cc(C(=O)O)ccc1NS(=O)(=O)c1ccc(C)cn1. The molecular weight excluding hydrogens is 308 g/mol. The highest BCUT2D eigenvalue weighted by Gasteiger charge is 2.18. The second-order valence-corrected chi connectivity index (χ2v) is 6.13. The third kappa shape index (κ3) is 3.34. The number of aromatic carboxylic acids is 1. The fourth-order valence-electron chi connectivity index (χ4n) is 1.72. The summed E-state index contributed by atoms with van der Waals surface area (Å²) in [5.74, 6) is -1.02. The minimum Gasteiger partial charge on any atom is -0.495 e. The van der Waals surface area contributed by atoms with Gasteiger partial charge in [-0.05, 0) is 36.8 Å². The molecular formula is C14H14N2O5S. The molecule has 7 nitrogen and oxygen atoms in total. The van der Waals surface area contributed by atoms with E-state index in [4.69, 9.17) is 9.84 Å². The highest BCUT2D eigenvalue weighted by Crippen LogP contribution is 2.27. The number of hydrogen-bond donors (Lipinski definition) is 2. The Morgan fingerprint density at radius 3 is 2.55 bits per heavy atom. The van der Waals surface area contributed by atoms with Crippen LogP contribution < -0.4 is 9.46 Å². The predicted octanol–water partition coefficient (Wildman–Crippen LogP) is 1.90. The van der Waals surface area contributed by atoms with Crippen molar-refractivity contribution in [3.8, 4) is 5.75 Å². The second-order valence-electron chi connectivity index (χ2n) is 4.50. The van der Waals surface area contributed by atoms with E-state index >= 15 is 0 Å². The topological polar surface area (TPSA) is 106 Å². The Bertz CT molecular complexity index is 800. The minimum absolute atomic E-state index is 0.00624. The number of pyridine rings is 1. The fourth-order valence-corrected chi connectivity index (χ4v) is 2.72. The zero-order valence-electron chi connectivity index (χ0n) is 11.9. The number of anilines is 1. The van der Waals surface area contributed by atoms with Crippen molar-refractivity contribution in [2.24, 2.45) is 0 Å². The molecule has 8 heteroatoms. The Balaban J connectivity index is 2.37. The summed E-state index contributed by atoms with van der Waals surface area (Å²) in [5.41, 5.74) is 0.963. The Kier molecular flexibility index (Phi) is 4.32. The molecule has 0 aliphatic rings. The highest BCUT2D eigenvalue weighted by atomic mass is 32.2. The van der Waals surface area contributed by atoms with E-state index in [1.807, 2.05) is 0 Å². The molecule has 0 amide bonds. The van der Waals surface area contributed by atoms with Gasteiger partial charge in [-0.25, -0.2) is 9.78 Å². The van der Waals surface area contributed by atoms with Gasteiger partial charge in [0, 0.05) is 6.20 Å². The third-order valence-corrected chi connectivity index (χ3v) is 4.13. The molecule has 0 atom stereocenters. The second kappa shape index (κ2) is 6.02. The summed E-state index contributed by atoms with van der Waals surface area (Å²) >= 11 is 0. The number of nitrogens with zero attached hydrogens (tertiary/aromatic N) is 1. The zero-order chi connectivity index (χ0) is 16.3. The molecule has 116 valence electrons. The molecule has 0 radical (unpaired) electrons. The average molecular weight is 322 g/mol. The Morgan fingerprint density at radius 1 is 1.27 bits per heavy atom. The summed E-state index contributed by atoms with van der Waals surface area (Å²) in [5, 5.41) is 8.79. The quantitative estimate of drug-likeness (QED) is 0.871. The van der Waals surface area contributed by atoms with E-state index in [9.17, 15) is 13.2 Å². The molecule has 0 aliphatic carbocycles. The number of aryl methyl sites for hydroxylation is 1. The molecule has 0 unspecified atom stereocenters. The number of carboxylic acids is 1. The van der Waals surface area contributed by atoms with Gasteiger partial charge in [0.2, 0.25) is 0 Å². The molecule has 0 bridgehead atoms. The number of carboxylic acid groups (broad SMARTS) is 1. The molecule has 1 heterocycles. The van der Waals surface area contributed by atoms with E-state index < -0.39 is 16.0 Å². The fraction of sp³-hybridized carbons (Fsp3) is 0.143. The van der Waals surface area contributed by atoms with Crippen molar-refractivity contribution >= 4 is 21.7 Å². The van der Waals surface area contributed by atoms with E-state index in [-0.39, 0.29) is 22.0 Å². The molecule has 1 aromatic heterocycles. The van der Waals surface area contributed by atoms with Crippen LogP contribution >= 0.6 is 0 Å². The first-order valence-corrected chi connectivity index (χ1v) is 7.68. The first kappa shape index (κ1) is 15.8. The molecule has 0 spiro atoms. The molecule has 2 N–H and O–H groups in total. The van der Waals surface area contributed by atoms with Crippen LogP contribution in [0.4, 0.5) is 5.69 Å². The standard InChI is InChI=1S/C14H14N2O5S/c1-9-3-6-13(15-8-9)22(19,20)16-11-5-4-10(14(17)18)7-12(11)21-2/h3-8,16H,1-2H3,(H,17,18). The zero-order valence-corrected chi connectivity index (χ0v) is 12.7. The molecule has 0 saturated carbocycles. The molecule has 2 rings (SSSR count). The van der Waals surface area contributed by atoms with Crippen LogP contribution in [0, 0.1) is 6.92 Å². The van der Waals surface area contributed by atoms with Gasteiger partial charge < -0.3 is 9.84 Å². The van der Waals surface area contributed by atoms with Gasteiger partial charge in [-0.15, -0.1) is 0 Å². The van der Waals surface area contributed by atoms with E-state index in [1.165, 1.54) is 37.6 Å². The van der Waals surface area contributed by atoms with Gasteiger partial charge in [0.15, 0.2) is 5.03 Å². The van der Waals surface area contributed by atoms with Gasteiger partial charge in [-0.1, -0.05) is 6.07 Å². The number of nitrogens with one attached hydrogen (secondary N) is 1. The van der Waals surface area contributed by atoms with Crippen LogP contribution in [0.3, 0.4) is 0 Å². The van der Waals surface area contributed by atoms with Crippen LogP contribution in [-0.2, 0) is 10.0 Å². The predicted molar refractivity (Wildman–Crippen MR) is 79.7 cm³/mol. The van der Waals surface area contributed by atoms with Crippen LogP contribution in [0.5, 0.6) is 5.75 Å². The maximum atomic E-state index is 12.3. The lowest BCUT2D eigenvalue weighted by molar-refractivity contribution is 0.0696. The summed E-state index contributed by atoms with van der Waals surface area (Å²) < 4.78 is 31.9. The molecule has 22 heavy (non-hydrogen) atoms. The number of rotatable bonds is 5. The molecule has 0 aliphatic heterocycles. The Hall–Kier alpha value is -2.61. The first-order chi connectivity index (χ1) is 10.3. The van der Waals surface area contributed by atoms with Gasteiger partial charge in [-0.3, -0.25) is 4.72 Å². The Morgan fingerprint density at radius 2 is 2.00 bits per heavy atom. The third-order valence-electron chi connectivity index (χ3n) is 2.85. The van der Waals surface area contributed by atoms with Crippen LogP contribution in [0.2, 0.25) is 0 Å². The first-order valence-electron chi connectivity index (χ1n) is 6.20. The monoisotopic (exact) mass is 322 g/mol. The smallest absolute Gasteiger partial charge is 0.335 e. The summed E-state index contributed by atoms with van der Waals surface area (Å²) in [6, 6.07) is 6.87. The molecule has 2 aromatic rings. The largest absolute Gasteiger partial charge is 0.495 e. The number of carbonyl (C=O) groups is 1. The van der Waals surface area contributed by atoms with Crippen molar-refractivity contribution < 1.29 is 23.1 Å². The van der Waals surface area contributed by atoms with E-state index in [0.29, 0.717) is 0 Å². The normalized spacial score (nSPS) is 11.0. The molecule has 1 aromatic carbocycles. The van der Waals surface area contributed by atoms with Gasteiger partial charge in [0.25, 0.3) is 10.0 Å². The van der Waals surface area contributed by atoms with Crippen LogP contribution in [-0.4, -0.2) is 31.6 Å². The van der Waals surface area contributed by atoms with Crippen molar-refractivity contribution in [1.29, 1.82) is 0 Å². The number of aromatic nitrogens is 1. The summed E-state index contributed by atoms with van der Waals surface area (Å²) in [7, 11) is -2.56. The van der Waals surface area contributed by atoms with Crippen molar-refractivity contribution in [1.82, 2.24) is 4.98 Å². The number of hydrogen-bond acceptors (Lipinski definition) is 5. The maximum Gasteiger partial charge on any atom is 0.335 e. The van der Waals surface area contributed by atoms with Crippen LogP contribution in [0.1, 0.15) is 15.9 Å². The van der Waals surface area contributed by atoms with Gasteiger partial charge in [0.05, 0.1) is 18.4 Å².